The van der Waals surface area contributed by atoms with Crippen LogP contribution in [0.2, 0.25) is 0 Å². The summed E-state index contributed by atoms with van der Waals surface area (Å²) in [4.78, 5) is 15.1. The van der Waals surface area contributed by atoms with Gasteiger partial charge in [0.25, 0.3) is 0 Å². The van der Waals surface area contributed by atoms with Crippen molar-refractivity contribution in [3.8, 4) is 5.75 Å². The number of aliphatic imine (C=N–C) groups is 1. The molecule has 4 heteroatoms. The van der Waals surface area contributed by atoms with Gasteiger partial charge >= 0.3 is 0 Å². The summed E-state index contributed by atoms with van der Waals surface area (Å²) in [5.74, 6) is 1.77. The first-order valence-electron chi connectivity index (χ1n) is 5.10. The molecule has 0 aromatic heterocycles. The number of benzene rings is 1. The molecule has 0 fully saturated rings. The van der Waals surface area contributed by atoms with E-state index in [0.717, 1.165) is 22.0 Å². The Morgan fingerprint density at radius 2 is 2.31 bits per heavy atom. The molecule has 0 amide bonds. The van der Waals surface area contributed by atoms with Crippen molar-refractivity contribution in [3.63, 3.8) is 0 Å². The first-order valence-corrected chi connectivity index (χ1v) is 6.09. The van der Waals surface area contributed by atoms with Crippen molar-refractivity contribution in [2.45, 2.75) is 24.8 Å². The number of nitrogens with zero attached hydrogens (tertiary/aromatic N) is 1. The standard InChI is InChI=1S/C12H15NO2S/c1-4-16-10-5-6-12(15-3)11(7-10)9(2)13-8-14/h5-7,9H,4H2,1-3H3. The van der Waals surface area contributed by atoms with Crippen molar-refractivity contribution in [3.05, 3.63) is 23.8 Å². The van der Waals surface area contributed by atoms with Crippen molar-refractivity contribution in [1.82, 2.24) is 0 Å². The molecule has 16 heavy (non-hydrogen) atoms. The summed E-state index contributed by atoms with van der Waals surface area (Å²) in [6, 6.07) is 5.71. The van der Waals surface area contributed by atoms with Gasteiger partial charge in [-0.05, 0) is 30.9 Å². The summed E-state index contributed by atoms with van der Waals surface area (Å²) in [5.41, 5.74) is 0.921. The van der Waals surface area contributed by atoms with Gasteiger partial charge in [0, 0.05) is 10.5 Å². The van der Waals surface area contributed by atoms with Gasteiger partial charge in [-0.25, -0.2) is 4.79 Å². The quantitative estimate of drug-likeness (QED) is 0.448. The van der Waals surface area contributed by atoms with Crippen LogP contribution in [-0.2, 0) is 4.79 Å². The fraction of sp³-hybridized carbons (Fsp3) is 0.417. The van der Waals surface area contributed by atoms with Crippen LogP contribution in [-0.4, -0.2) is 18.9 Å². The number of methoxy groups -OCH3 is 1. The Balaban J connectivity index is 3.10. The Morgan fingerprint density at radius 1 is 1.56 bits per heavy atom. The Hall–Kier alpha value is -1.25. The predicted molar refractivity (Wildman–Crippen MR) is 65.9 cm³/mol. The highest BCUT2D eigenvalue weighted by Crippen LogP contribution is 2.31. The molecule has 0 saturated heterocycles. The maximum atomic E-state index is 10.3. The van der Waals surface area contributed by atoms with E-state index in [-0.39, 0.29) is 6.04 Å². The van der Waals surface area contributed by atoms with Gasteiger partial charge in [0.05, 0.1) is 13.2 Å². The predicted octanol–water partition coefficient (Wildman–Crippen LogP) is 3.20. The smallest absolute Gasteiger partial charge is 0.235 e. The largest absolute Gasteiger partial charge is 0.496 e. The number of carbonyl (C=O) groups excluding carboxylic acids is 1. The van der Waals surface area contributed by atoms with Gasteiger partial charge < -0.3 is 4.74 Å². The topological polar surface area (TPSA) is 38.7 Å². The molecule has 1 atom stereocenters. The second-order valence-corrected chi connectivity index (χ2v) is 4.57. The summed E-state index contributed by atoms with van der Waals surface area (Å²) >= 11 is 1.75. The molecule has 0 aliphatic heterocycles. The lowest BCUT2D eigenvalue weighted by Gasteiger charge is -2.12. The molecule has 1 aromatic carbocycles. The monoisotopic (exact) mass is 237 g/mol. The van der Waals surface area contributed by atoms with Crippen LogP contribution in [0.5, 0.6) is 5.75 Å². The lowest BCUT2D eigenvalue weighted by Crippen LogP contribution is -1.95. The fourth-order valence-electron chi connectivity index (χ4n) is 1.44. The maximum Gasteiger partial charge on any atom is 0.235 e. The summed E-state index contributed by atoms with van der Waals surface area (Å²) < 4.78 is 5.25. The van der Waals surface area contributed by atoms with Gasteiger partial charge in [-0.1, -0.05) is 6.92 Å². The zero-order valence-corrected chi connectivity index (χ0v) is 10.5. The molecule has 0 radical (unpaired) electrons. The van der Waals surface area contributed by atoms with Crippen LogP contribution >= 0.6 is 11.8 Å². The van der Waals surface area contributed by atoms with Crippen LogP contribution in [0, 0.1) is 0 Å². The number of hydrogen-bond acceptors (Lipinski definition) is 4. The lowest BCUT2D eigenvalue weighted by atomic mass is 10.1. The van der Waals surface area contributed by atoms with Gasteiger partial charge in [-0.2, -0.15) is 4.99 Å². The van der Waals surface area contributed by atoms with Crippen molar-refractivity contribution >= 4 is 17.8 Å². The van der Waals surface area contributed by atoms with E-state index in [1.807, 2.05) is 25.1 Å². The Labute approximate surface area is 99.9 Å². The first kappa shape index (κ1) is 12.8. The van der Waals surface area contributed by atoms with E-state index in [1.54, 1.807) is 25.0 Å². The van der Waals surface area contributed by atoms with Crippen LogP contribution < -0.4 is 4.74 Å². The minimum Gasteiger partial charge on any atom is -0.496 e. The third-order valence-corrected chi connectivity index (χ3v) is 3.08. The van der Waals surface area contributed by atoms with E-state index in [2.05, 4.69) is 11.9 Å². The van der Waals surface area contributed by atoms with E-state index in [9.17, 15) is 4.79 Å². The van der Waals surface area contributed by atoms with Gasteiger partial charge in [-0.3, -0.25) is 0 Å². The first-order chi connectivity index (χ1) is 7.72. The van der Waals surface area contributed by atoms with Crippen molar-refractivity contribution in [2.75, 3.05) is 12.9 Å². The van der Waals surface area contributed by atoms with E-state index in [0.29, 0.717) is 0 Å². The van der Waals surface area contributed by atoms with Crippen molar-refractivity contribution in [2.24, 2.45) is 4.99 Å². The van der Waals surface area contributed by atoms with Crippen LogP contribution in [0.4, 0.5) is 0 Å². The summed E-state index contributed by atoms with van der Waals surface area (Å²) in [6.45, 7) is 3.95. The molecule has 0 aliphatic carbocycles. The fourth-order valence-corrected chi connectivity index (χ4v) is 2.15. The zero-order chi connectivity index (χ0) is 12.0. The molecular weight excluding hydrogens is 222 g/mol. The Bertz CT molecular complexity index is 400. The van der Waals surface area contributed by atoms with E-state index in [1.165, 1.54) is 0 Å². The molecule has 0 aliphatic rings. The molecule has 86 valence electrons. The molecule has 1 rings (SSSR count). The summed E-state index contributed by atoms with van der Waals surface area (Å²) in [5, 5.41) is 0. The second kappa shape index (κ2) is 6.36. The molecule has 1 unspecified atom stereocenters. The van der Waals surface area contributed by atoms with Crippen molar-refractivity contribution in [1.29, 1.82) is 0 Å². The van der Waals surface area contributed by atoms with Gasteiger partial charge in [0.15, 0.2) is 0 Å². The molecule has 0 spiro atoms. The average molecular weight is 237 g/mol. The minimum absolute atomic E-state index is 0.218. The average Bonchev–Trinajstić information content (AvgIpc) is 2.30. The van der Waals surface area contributed by atoms with E-state index in [4.69, 9.17) is 4.74 Å². The SMILES string of the molecule is CCSc1ccc(OC)c(C(C)N=C=O)c1. The van der Waals surface area contributed by atoms with Gasteiger partial charge in [0.1, 0.15) is 5.75 Å². The Morgan fingerprint density at radius 3 is 2.88 bits per heavy atom. The maximum absolute atomic E-state index is 10.3. The van der Waals surface area contributed by atoms with Crippen LogP contribution in [0.3, 0.4) is 0 Å². The second-order valence-electron chi connectivity index (χ2n) is 3.23. The molecular formula is C12H15NO2S. The third-order valence-electron chi connectivity index (χ3n) is 2.21. The zero-order valence-electron chi connectivity index (χ0n) is 9.69. The number of thioether (sulfide) groups is 1. The number of rotatable bonds is 5. The van der Waals surface area contributed by atoms with E-state index >= 15 is 0 Å². The number of hydrogen-bond donors (Lipinski definition) is 0. The molecule has 0 saturated carbocycles. The summed E-state index contributed by atoms with van der Waals surface area (Å²) in [6.07, 6.45) is 1.58. The normalized spacial score (nSPS) is 11.7. The number of isocyanates is 1. The molecule has 0 bridgehead atoms. The van der Waals surface area contributed by atoms with Crippen LogP contribution in [0.15, 0.2) is 28.1 Å². The lowest BCUT2D eigenvalue weighted by molar-refractivity contribution is 0.406. The third kappa shape index (κ3) is 3.12. The van der Waals surface area contributed by atoms with E-state index < -0.39 is 0 Å². The highest BCUT2D eigenvalue weighted by atomic mass is 32.2. The van der Waals surface area contributed by atoms with Crippen LogP contribution in [0.1, 0.15) is 25.5 Å². The Kier molecular flexibility index (Phi) is 5.09. The molecule has 0 N–H and O–H groups in total. The number of ether oxygens (including phenoxy) is 1. The van der Waals surface area contributed by atoms with Gasteiger partial charge in [-0.15, -0.1) is 11.8 Å². The minimum atomic E-state index is -0.218. The highest BCUT2D eigenvalue weighted by molar-refractivity contribution is 7.99. The summed E-state index contributed by atoms with van der Waals surface area (Å²) in [7, 11) is 1.61. The molecule has 3 nitrogen and oxygen atoms in total. The van der Waals surface area contributed by atoms with Crippen LogP contribution in [0.25, 0.3) is 0 Å². The van der Waals surface area contributed by atoms with Gasteiger partial charge in [0.2, 0.25) is 6.08 Å². The van der Waals surface area contributed by atoms with Crippen molar-refractivity contribution < 1.29 is 9.53 Å². The molecule has 0 heterocycles. The highest BCUT2D eigenvalue weighted by Gasteiger charge is 2.11. The molecule has 1 aromatic rings.